The van der Waals surface area contributed by atoms with E-state index in [9.17, 15) is 0 Å². The molecule has 0 aliphatic rings. The summed E-state index contributed by atoms with van der Waals surface area (Å²) in [4.78, 5) is 30.6. The standard InChI is InChI=1S/C37H26N2S.C36H24N2S.C35H22N2S/c1-21-15-23(3)36-31(17-21)32-18-22(2)16-30(37(32)40-36)24-9-8-10-25(19-24)33-20-38-34-28-13-6-4-11-26(28)27-12-5-7-14-29(27)35(34)39-33;1-21-14-15-33-30(16-21)31-18-22(2)17-29(36(31)39-33)23-8-7-9-24(19-23)32-20-37-34-27-12-5-3-10-25(27)26-11-4-6-13-28(26)35(34)38-32;1-21-9-6-17-29-30-18-8-16-24(35(30)38-34(21)29)22-10-7-11-23(19-22)31-20-36-32-27-14-4-2-12-25(27)26-13-3-5-15-28(26)33(32)37-31/h4-20H,1-3H3;3-20H,1-2H3;2-20H,1H3. The van der Waals surface area contributed by atoms with Crippen LogP contribution in [-0.2, 0) is 0 Å². The third-order valence-corrected chi connectivity index (χ3v) is 27.4. The summed E-state index contributed by atoms with van der Waals surface area (Å²) < 4.78 is 8.08. The predicted molar refractivity (Wildman–Crippen MR) is 503 cm³/mol. The molecule has 0 radical (unpaired) electrons. The highest BCUT2D eigenvalue weighted by Crippen LogP contribution is 2.48. The van der Waals surface area contributed by atoms with E-state index in [1.807, 2.05) is 52.6 Å². The lowest BCUT2D eigenvalue weighted by molar-refractivity contribution is 1.31. The Morgan fingerprint density at radius 1 is 0.188 bits per heavy atom. The molecule has 0 amide bonds. The highest BCUT2D eigenvalue weighted by molar-refractivity contribution is 7.27. The zero-order valence-corrected chi connectivity index (χ0v) is 67.5. The number of hydrogen-bond acceptors (Lipinski definition) is 9. The van der Waals surface area contributed by atoms with Crippen molar-refractivity contribution in [2.75, 3.05) is 0 Å². The lowest BCUT2D eigenvalue weighted by atomic mass is 9.97. The zero-order chi connectivity index (χ0) is 78.3. The van der Waals surface area contributed by atoms with E-state index in [1.54, 1.807) is 0 Å². The van der Waals surface area contributed by atoms with Crippen molar-refractivity contribution in [1.82, 2.24) is 29.9 Å². The smallest absolute Gasteiger partial charge is 0.0979 e. The van der Waals surface area contributed by atoms with Crippen LogP contribution < -0.4 is 0 Å². The van der Waals surface area contributed by atoms with E-state index in [0.717, 1.165) is 99.2 Å². The van der Waals surface area contributed by atoms with Gasteiger partial charge in [-0.05, 0) is 190 Å². The highest BCUT2D eigenvalue weighted by Gasteiger charge is 2.21. The summed E-state index contributed by atoms with van der Waals surface area (Å²) in [7, 11) is 0. The van der Waals surface area contributed by atoms with Gasteiger partial charge in [-0.15, -0.1) is 34.0 Å². The third-order valence-electron chi connectivity index (χ3n) is 23.4. The van der Waals surface area contributed by atoms with E-state index < -0.39 is 0 Å². The first kappa shape index (κ1) is 69.9. The van der Waals surface area contributed by atoms with E-state index in [0.29, 0.717) is 0 Å². The first-order valence-electron chi connectivity index (χ1n) is 39.7. The predicted octanol–water partition coefficient (Wildman–Crippen LogP) is 30.8. The van der Waals surface area contributed by atoms with E-state index in [4.69, 9.17) is 29.9 Å². The molecule has 0 fully saturated rings. The minimum atomic E-state index is 0.888. The minimum absolute atomic E-state index is 0.888. The van der Waals surface area contributed by atoms with Gasteiger partial charge >= 0.3 is 0 Å². The molecule has 6 heterocycles. The molecule has 0 saturated carbocycles. The van der Waals surface area contributed by atoms with Gasteiger partial charge < -0.3 is 0 Å². The van der Waals surface area contributed by atoms with Crippen molar-refractivity contribution in [3.63, 3.8) is 0 Å². The fourth-order valence-electron chi connectivity index (χ4n) is 18.1. The van der Waals surface area contributed by atoms with Crippen LogP contribution >= 0.6 is 34.0 Å². The molecule has 0 saturated heterocycles. The van der Waals surface area contributed by atoms with Crippen molar-refractivity contribution in [3.8, 4) is 67.2 Å². The Hall–Kier alpha value is -13.8. The molecule has 18 aromatic carbocycles. The van der Waals surface area contributed by atoms with Crippen LogP contribution in [0.2, 0.25) is 0 Å². The molecule has 0 atom stereocenters. The van der Waals surface area contributed by atoms with Crippen LogP contribution in [0.3, 0.4) is 0 Å². The molecule has 0 unspecified atom stereocenters. The van der Waals surface area contributed by atoms with E-state index in [2.05, 4.69) is 351 Å². The lowest BCUT2D eigenvalue weighted by Crippen LogP contribution is -1.92. The monoisotopic (exact) mass is 1550 g/mol. The molecule has 9 heteroatoms. The quantitative estimate of drug-likeness (QED) is 0.154. The molecule has 6 aromatic heterocycles. The van der Waals surface area contributed by atoms with Crippen molar-refractivity contribution in [3.05, 3.63) is 361 Å². The number of rotatable bonds is 6. The van der Waals surface area contributed by atoms with Gasteiger partial charge in [0.05, 0.1) is 68.8 Å². The van der Waals surface area contributed by atoms with Gasteiger partial charge in [-0.2, -0.15) is 0 Å². The minimum Gasteiger partial charge on any atom is -0.252 e. The summed E-state index contributed by atoms with van der Waals surface area (Å²) in [5, 5.41) is 22.1. The Kier molecular flexibility index (Phi) is 16.7. The van der Waals surface area contributed by atoms with Crippen LogP contribution in [0.1, 0.15) is 33.4 Å². The first-order valence-corrected chi connectivity index (χ1v) is 42.2. The Balaban J connectivity index is 0.000000106. The Morgan fingerprint density at radius 2 is 0.496 bits per heavy atom. The Bertz CT molecular complexity index is 8210. The van der Waals surface area contributed by atoms with Crippen molar-refractivity contribution < 1.29 is 0 Å². The van der Waals surface area contributed by atoms with Gasteiger partial charge in [0.1, 0.15) is 0 Å². The summed E-state index contributed by atoms with van der Waals surface area (Å²) >= 11 is 5.67. The van der Waals surface area contributed by atoms with Crippen molar-refractivity contribution in [1.29, 1.82) is 0 Å². The second-order valence-electron chi connectivity index (χ2n) is 31.1. The number of thiophene rings is 3. The van der Waals surface area contributed by atoms with Gasteiger partial charge in [0.25, 0.3) is 0 Å². The van der Waals surface area contributed by atoms with Crippen LogP contribution in [0.4, 0.5) is 0 Å². The topological polar surface area (TPSA) is 77.3 Å². The Labute approximate surface area is 687 Å². The maximum atomic E-state index is 5.23. The van der Waals surface area contributed by atoms with E-state index >= 15 is 0 Å². The molecular weight excluding hydrogens is 1480 g/mol. The molecule has 0 aliphatic heterocycles. The maximum Gasteiger partial charge on any atom is 0.0979 e. The maximum absolute atomic E-state index is 5.23. The largest absolute Gasteiger partial charge is 0.252 e. The lowest BCUT2D eigenvalue weighted by Gasteiger charge is -2.11. The van der Waals surface area contributed by atoms with Crippen molar-refractivity contribution in [2.45, 2.75) is 41.5 Å². The van der Waals surface area contributed by atoms with Gasteiger partial charge in [-0.25, -0.2) is 15.0 Å². The molecule has 0 bridgehead atoms. The second kappa shape index (κ2) is 28.0. The van der Waals surface area contributed by atoms with Crippen LogP contribution in [0.15, 0.2) is 328 Å². The van der Waals surface area contributed by atoms with Gasteiger partial charge in [-0.1, -0.05) is 260 Å². The SMILES string of the molecule is Cc1cc(C)c2sc3c(-c4cccc(-c5cnc6c7ccccc7c7ccccc7c6n5)c4)cc(C)cc3c2c1.Cc1ccc2sc3c(-c4cccc(-c5cnc6c7ccccc7c7ccccc7c6n5)c4)cc(C)cc3c2c1.Cc1cccc2c1sc1c(-c3cccc(-c4cnc5c6ccccc6c6ccccc6c5n4)c3)cccc12. The molecule has 0 spiro atoms. The van der Waals surface area contributed by atoms with Crippen LogP contribution in [-0.4, -0.2) is 29.9 Å². The third kappa shape index (κ3) is 11.9. The zero-order valence-electron chi connectivity index (χ0n) is 65.1. The van der Waals surface area contributed by atoms with Crippen LogP contribution in [0.25, 0.3) is 225 Å². The number of benzene rings is 18. The van der Waals surface area contributed by atoms with Gasteiger partial charge in [0.2, 0.25) is 0 Å². The number of hydrogen-bond donors (Lipinski definition) is 0. The van der Waals surface area contributed by atoms with Crippen molar-refractivity contribution in [2.24, 2.45) is 0 Å². The first-order chi connectivity index (χ1) is 57.4. The van der Waals surface area contributed by atoms with Crippen LogP contribution in [0, 0.1) is 41.5 Å². The average Bonchev–Trinajstić information content (AvgIpc) is 1.70. The average molecular weight is 1550 g/mol. The summed E-state index contributed by atoms with van der Waals surface area (Å²) in [5.74, 6) is 0. The summed E-state index contributed by atoms with van der Waals surface area (Å²) in [6, 6.07) is 111. The number of fused-ring (bicyclic) bond motifs is 27. The fraction of sp³-hybridized carbons (Fsp3) is 0.0556. The number of aryl methyl sites for hydroxylation is 6. The molecular formula is C108H72N6S3. The highest BCUT2D eigenvalue weighted by atomic mass is 32.1. The van der Waals surface area contributed by atoms with Crippen molar-refractivity contribution >= 4 is 192 Å². The van der Waals surface area contributed by atoms with E-state index in [1.165, 1.54) is 160 Å². The second-order valence-corrected chi connectivity index (χ2v) is 34.2. The molecule has 24 rings (SSSR count). The molecule has 24 aromatic rings. The summed E-state index contributed by atoms with van der Waals surface area (Å²) in [6.45, 7) is 13.2. The summed E-state index contributed by atoms with van der Waals surface area (Å²) in [5.41, 5.74) is 26.8. The van der Waals surface area contributed by atoms with E-state index in [-0.39, 0.29) is 0 Å². The summed E-state index contributed by atoms with van der Waals surface area (Å²) in [6.07, 6.45) is 5.78. The number of aromatic nitrogens is 6. The van der Waals surface area contributed by atoms with Gasteiger partial charge in [0.15, 0.2) is 0 Å². The van der Waals surface area contributed by atoms with Gasteiger partial charge in [-0.3, -0.25) is 15.0 Å². The normalized spacial score (nSPS) is 11.8. The fourth-order valence-corrected chi connectivity index (χ4v) is 21.8. The molecule has 0 N–H and O–H groups in total. The van der Waals surface area contributed by atoms with Gasteiger partial charge in [0, 0.05) is 110 Å². The molecule has 552 valence electrons. The Morgan fingerprint density at radius 3 is 0.932 bits per heavy atom. The number of nitrogens with zero attached hydrogens (tertiary/aromatic N) is 6. The molecule has 0 aliphatic carbocycles. The van der Waals surface area contributed by atoms with Crippen LogP contribution in [0.5, 0.6) is 0 Å². The molecule has 6 nitrogen and oxygen atoms in total. The molecule has 117 heavy (non-hydrogen) atoms.